The summed E-state index contributed by atoms with van der Waals surface area (Å²) in [6.45, 7) is 5.69. The second-order valence-corrected chi connectivity index (χ2v) is 4.62. The van der Waals surface area contributed by atoms with E-state index in [2.05, 4.69) is 17.1 Å². The van der Waals surface area contributed by atoms with Crippen molar-refractivity contribution in [3.63, 3.8) is 0 Å². The molecule has 0 saturated heterocycles. The van der Waals surface area contributed by atoms with Crippen molar-refractivity contribution < 1.29 is 14.3 Å². The molecule has 0 bridgehead atoms. The first kappa shape index (κ1) is 13.1. The Bertz CT molecular complexity index is 399. The summed E-state index contributed by atoms with van der Waals surface area (Å²) in [6.07, 6.45) is 4.06. The van der Waals surface area contributed by atoms with E-state index >= 15 is 0 Å². The maximum absolute atomic E-state index is 10.8. The van der Waals surface area contributed by atoms with Crippen molar-refractivity contribution in [2.75, 3.05) is 19.6 Å². The zero-order valence-electron chi connectivity index (χ0n) is 10.7. The molecule has 0 amide bonds. The molecule has 18 heavy (non-hydrogen) atoms. The number of nitrogens with zero attached hydrogens (tertiary/aromatic N) is 1. The average Bonchev–Trinajstić information content (AvgIpc) is 3.07. The van der Waals surface area contributed by atoms with Gasteiger partial charge in [-0.15, -0.1) is 0 Å². The van der Waals surface area contributed by atoms with Crippen LogP contribution in [0.2, 0.25) is 0 Å². The van der Waals surface area contributed by atoms with Crippen LogP contribution in [0.4, 0.5) is 0 Å². The fourth-order valence-corrected chi connectivity index (χ4v) is 2.15. The maximum atomic E-state index is 10.8. The molecule has 100 valence electrons. The molecule has 1 aromatic heterocycles. The van der Waals surface area contributed by atoms with Crippen LogP contribution in [0.1, 0.15) is 35.9 Å². The summed E-state index contributed by atoms with van der Waals surface area (Å²) >= 11 is 0. The third-order valence-corrected chi connectivity index (χ3v) is 3.30. The average molecular weight is 252 g/mol. The van der Waals surface area contributed by atoms with Gasteiger partial charge in [0.05, 0.1) is 6.26 Å². The lowest BCUT2D eigenvalue weighted by atomic mass is 10.2. The molecule has 2 rings (SSSR count). The molecule has 0 radical (unpaired) electrons. The highest BCUT2D eigenvalue weighted by atomic mass is 16.4. The smallest absolute Gasteiger partial charge is 0.372 e. The summed E-state index contributed by atoms with van der Waals surface area (Å²) in [4.78, 5) is 13.3. The van der Waals surface area contributed by atoms with Crippen LogP contribution >= 0.6 is 0 Å². The number of furan rings is 1. The standard InChI is InChI=1S/C13H20N2O3/c1-2-15(11-3-4-11)7-6-14-9-10-5-8-18-12(10)13(16)17/h5,8,11,14H,2-4,6-7,9H2,1H3,(H,16,17). The van der Waals surface area contributed by atoms with Crippen molar-refractivity contribution in [1.29, 1.82) is 0 Å². The first-order valence-electron chi connectivity index (χ1n) is 6.46. The van der Waals surface area contributed by atoms with E-state index in [9.17, 15) is 4.79 Å². The number of carboxylic acids is 1. The van der Waals surface area contributed by atoms with Gasteiger partial charge in [0.2, 0.25) is 5.76 Å². The van der Waals surface area contributed by atoms with Gasteiger partial charge in [0.15, 0.2) is 0 Å². The first-order chi connectivity index (χ1) is 8.72. The number of carboxylic acid groups (broad SMARTS) is 1. The quantitative estimate of drug-likeness (QED) is 0.687. The number of rotatable bonds is 8. The third-order valence-electron chi connectivity index (χ3n) is 3.30. The molecule has 1 saturated carbocycles. The molecule has 1 aliphatic carbocycles. The summed E-state index contributed by atoms with van der Waals surface area (Å²) in [5.41, 5.74) is 0.706. The van der Waals surface area contributed by atoms with E-state index in [0.717, 1.165) is 25.7 Å². The number of carbonyl (C=O) groups is 1. The molecule has 0 aliphatic heterocycles. The Labute approximate surface area is 107 Å². The zero-order valence-corrected chi connectivity index (χ0v) is 10.7. The Morgan fingerprint density at radius 1 is 1.61 bits per heavy atom. The molecule has 5 nitrogen and oxygen atoms in total. The molecule has 1 aliphatic rings. The summed E-state index contributed by atoms with van der Waals surface area (Å²) in [7, 11) is 0. The molecule has 1 aromatic rings. The summed E-state index contributed by atoms with van der Waals surface area (Å²) in [6, 6.07) is 2.48. The second kappa shape index (κ2) is 6.02. The highest BCUT2D eigenvalue weighted by molar-refractivity contribution is 5.86. The molecule has 1 fully saturated rings. The normalized spacial score (nSPS) is 15.2. The van der Waals surface area contributed by atoms with E-state index in [1.54, 1.807) is 6.07 Å². The number of hydrogen-bond donors (Lipinski definition) is 2. The topological polar surface area (TPSA) is 65.7 Å². The monoisotopic (exact) mass is 252 g/mol. The summed E-state index contributed by atoms with van der Waals surface area (Å²) < 4.78 is 4.92. The van der Waals surface area contributed by atoms with Gasteiger partial charge in [-0.2, -0.15) is 0 Å². The van der Waals surface area contributed by atoms with Gasteiger partial charge < -0.3 is 14.8 Å². The van der Waals surface area contributed by atoms with E-state index in [0.29, 0.717) is 12.1 Å². The molecule has 0 unspecified atom stereocenters. The van der Waals surface area contributed by atoms with Gasteiger partial charge in [-0.25, -0.2) is 4.79 Å². The molecule has 0 spiro atoms. The lowest BCUT2D eigenvalue weighted by molar-refractivity contribution is 0.0660. The van der Waals surface area contributed by atoms with E-state index < -0.39 is 5.97 Å². The van der Waals surface area contributed by atoms with Crippen LogP contribution in [-0.2, 0) is 6.54 Å². The minimum absolute atomic E-state index is 0.0389. The van der Waals surface area contributed by atoms with Crippen molar-refractivity contribution in [1.82, 2.24) is 10.2 Å². The zero-order chi connectivity index (χ0) is 13.0. The van der Waals surface area contributed by atoms with E-state index in [1.165, 1.54) is 19.1 Å². The van der Waals surface area contributed by atoms with Gasteiger partial charge in [0.1, 0.15) is 0 Å². The van der Waals surface area contributed by atoms with Gasteiger partial charge in [-0.05, 0) is 25.5 Å². The van der Waals surface area contributed by atoms with Gasteiger partial charge in [-0.1, -0.05) is 6.92 Å². The van der Waals surface area contributed by atoms with Gasteiger partial charge in [0.25, 0.3) is 0 Å². The first-order valence-corrected chi connectivity index (χ1v) is 6.46. The van der Waals surface area contributed by atoms with Crippen molar-refractivity contribution in [3.05, 3.63) is 23.7 Å². The van der Waals surface area contributed by atoms with Crippen LogP contribution in [0.25, 0.3) is 0 Å². The Morgan fingerprint density at radius 3 is 3.00 bits per heavy atom. The Balaban J connectivity index is 1.71. The molecular weight excluding hydrogens is 232 g/mol. The van der Waals surface area contributed by atoms with Crippen molar-refractivity contribution in [2.45, 2.75) is 32.4 Å². The van der Waals surface area contributed by atoms with Crippen molar-refractivity contribution >= 4 is 5.97 Å². The van der Waals surface area contributed by atoms with E-state index in [1.807, 2.05) is 0 Å². The minimum atomic E-state index is -1.01. The lowest BCUT2D eigenvalue weighted by Gasteiger charge is -2.19. The van der Waals surface area contributed by atoms with Gasteiger partial charge in [0, 0.05) is 31.2 Å². The molecule has 1 heterocycles. The number of likely N-dealkylation sites (N-methyl/N-ethyl adjacent to an activating group) is 1. The van der Waals surface area contributed by atoms with Gasteiger partial charge in [-0.3, -0.25) is 4.90 Å². The fourth-order valence-electron chi connectivity index (χ4n) is 2.15. The van der Waals surface area contributed by atoms with Crippen molar-refractivity contribution in [3.8, 4) is 0 Å². The largest absolute Gasteiger partial charge is 0.475 e. The SMILES string of the molecule is CCN(CCNCc1ccoc1C(=O)O)C1CC1. The highest BCUT2D eigenvalue weighted by Gasteiger charge is 2.27. The highest BCUT2D eigenvalue weighted by Crippen LogP contribution is 2.25. The summed E-state index contributed by atoms with van der Waals surface area (Å²) in [5.74, 6) is -0.970. The third kappa shape index (κ3) is 3.34. The summed E-state index contributed by atoms with van der Waals surface area (Å²) in [5, 5.41) is 12.2. The van der Waals surface area contributed by atoms with Gasteiger partial charge >= 0.3 is 5.97 Å². The molecule has 0 aromatic carbocycles. The second-order valence-electron chi connectivity index (χ2n) is 4.62. The fraction of sp³-hybridized carbons (Fsp3) is 0.615. The van der Waals surface area contributed by atoms with Crippen LogP contribution in [-0.4, -0.2) is 41.7 Å². The minimum Gasteiger partial charge on any atom is -0.475 e. The predicted octanol–water partition coefficient (Wildman–Crippen LogP) is 1.55. The van der Waals surface area contributed by atoms with Crippen molar-refractivity contribution in [2.24, 2.45) is 0 Å². The van der Waals surface area contributed by atoms with Crippen LogP contribution in [0, 0.1) is 0 Å². The maximum Gasteiger partial charge on any atom is 0.372 e. The van der Waals surface area contributed by atoms with Crippen LogP contribution in [0.5, 0.6) is 0 Å². The molecule has 5 heteroatoms. The molecule has 0 atom stereocenters. The number of aromatic carboxylic acids is 1. The van der Waals surface area contributed by atoms with E-state index in [4.69, 9.17) is 9.52 Å². The number of hydrogen-bond acceptors (Lipinski definition) is 4. The van der Waals surface area contributed by atoms with E-state index in [-0.39, 0.29) is 5.76 Å². The van der Waals surface area contributed by atoms with Crippen LogP contribution in [0.3, 0.4) is 0 Å². The van der Waals surface area contributed by atoms with Crippen LogP contribution < -0.4 is 5.32 Å². The number of nitrogens with one attached hydrogen (secondary N) is 1. The lowest BCUT2D eigenvalue weighted by Crippen LogP contribution is -2.33. The Morgan fingerprint density at radius 2 is 2.39 bits per heavy atom. The Kier molecular flexibility index (Phi) is 4.38. The molecule has 2 N–H and O–H groups in total. The van der Waals surface area contributed by atoms with Crippen LogP contribution in [0.15, 0.2) is 16.7 Å². The predicted molar refractivity (Wildman–Crippen MR) is 67.6 cm³/mol. The Hall–Kier alpha value is -1.33. The molecular formula is C13H20N2O3.